The molecule has 0 saturated carbocycles. The van der Waals surface area contributed by atoms with Crippen molar-refractivity contribution in [2.75, 3.05) is 22.1 Å². The normalized spacial score (nSPS) is 13.2. The number of carbonyl (C=O) groups excluding carboxylic acids is 2. The lowest BCUT2D eigenvalue weighted by Gasteiger charge is -2.10. The van der Waals surface area contributed by atoms with Gasteiger partial charge >= 0.3 is 12.0 Å². The first kappa shape index (κ1) is 24.3. The third-order valence-corrected chi connectivity index (χ3v) is 6.50. The van der Waals surface area contributed by atoms with E-state index in [-0.39, 0.29) is 23.2 Å². The molecule has 2 N–H and O–H groups in total. The van der Waals surface area contributed by atoms with E-state index in [0.717, 1.165) is 16.9 Å². The van der Waals surface area contributed by atoms with Gasteiger partial charge in [-0.25, -0.2) is 28.5 Å². The first-order valence-corrected chi connectivity index (χ1v) is 12.1. The van der Waals surface area contributed by atoms with E-state index in [1.807, 2.05) is 12.1 Å². The zero-order valence-corrected chi connectivity index (χ0v) is 20.0. The van der Waals surface area contributed by atoms with Crippen molar-refractivity contribution in [2.45, 2.75) is 19.3 Å². The van der Waals surface area contributed by atoms with E-state index in [0.29, 0.717) is 29.5 Å². The van der Waals surface area contributed by atoms with Crippen LogP contribution in [0, 0.1) is 0 Å². The number of amides is 3. The Kier molecular flexibility index (Phi) is 6.99. The lowest BCUT2D eigenvalue weighted by molar-refractivity contribution is -0.117. The molecule has 1 aliphatic heterocycles. The van der Waals surface area contributed by atoms with Gasteiger partial charge in [0.05, 0.1) is 23.0 Å². The summed E-state index contributed by atoms with van der Waals surface area (Å²) in [6.07, 6.45) is 3.26. The molecule has 4 aromatic rings. The van der Waals surface area contributed by atoms with Crippen LogP contribution in [0.25, 0.3) is 10.4 Å². The van der Waals surface area contributed by atoms with Crippen LogP contribution in [0.5, 0.6) is 11.8 Å². The summed E-state index contributed by atoms with van der Waals surface area (Å²) in [6.45, 7) is 0.701. The van der Waals surface area contributed by atoms with Crippen molar-refractivity contribution in [3.8, 4) is 22.2 Å². The maximum atomic E-state index is 12.8. The van der Waals surface area contributed by atoms with E-state index in [2.05, 4.69) is 25.6 Å². The quantitative estimate of drug-likeness (QED) is 0.304. The fraction of sp³-hybridized carbons (Fsp3) is 0.160. The minimum atomic E-state index is -2.63. The van der Waals surface area contributed by atoms with Crippen LogP contribution in [0.4, 0.5) is 30.1 Å². The first-order chi connectivity index (χ1) is 17.9. The number of ether oxygens (including phenoxy) is 1. The highest BCUT2D eigenvalue weighted by Gasteiger charge is 2.24. The van der Waals surface area contributed by atoms with Gasteiger partial charge in [-0.1, -0.05) is 23.5 Å². The molecule has 3 amide bonds. The highest BCUT2D eigenvalue weighted by atomic mass is 32.1. The number of hydrogen-bond donors (Lipinski definition) is 2. The van der Waals surface area contributed by atoms with Crippen molar-refractivity contribution in [3.05, 3.63) is 72.7 Å². The van der Waals surface area contributed by atoms with E-state index in [1.165, 1.54) is 48.0 Å². The van der Waals surface area contributed by atoms with Gasteiger partial charge in [-0.3, -0.25) is 9.69 Å². The molecule has 0 bridgehead atoms. The van der Waals surface area contributed by atoms with E-state index in [1.54, 1.807) is 23.2 Å². The minimum Gasteiger partial charge on any atom is -0.424 e. The molecule has 0 unspecified atom stereocenters. The highest BCUT2D eigenvalue weighted by molar-refractivity contribution is 7.19. The van der Waals surface area contributed by atoms with Crippen LogP contribution in [0.15, 0.2) is 67.1 Å². The van der Waals surface area contributed by atoms with Crippen LogP contribution >= 0.6 is 11.3 Å². The lowest BCUT2D eigenvalue weighted by atomic mass is 10.2. The van der Waals surface area contributed by atoms with Crippen molar-refractivity contribution in [3.63, 3.8) is 0 Å². The summed E-state index contributed by atoms with van der Waals surface area (Å²) in [5, 5.41) is 5.72. The second-order valence-electron chi connectivity index (χ2n) is 8.04. The molecule has 0 radical (unpaired) electrons. The number of nitrogens with one attached hydrogen (secondary N) is 2. The second kappa shape index (κ2) is 10.7. The van der Waals surface area contributed by atoms with Gasteiger partial charge in [-0.15, -0.1) is 0 Å². The Hall–Kier alpha value is -4.45. The Morgan fingerprint density at radius 1 is 1.00 bits per heavy atom. The van der Waals surface area contributed by atoms with Gasteiger partial charge in [0.1, 0.15) is 5.75 Å². The fourth-order valence-corrected chi connectivity index (χ4v) is 4.61. The largest absolute Gasteiger partial charge is 0.424 e. The predicted molar refractivity (Wildman–Crippen MR) is 135 cm³/mol. The summed E-state index contributed by atoms with van der Waals surface area (Å²) in [6, 6.07) is 12.2. The summed E-state index contributed by atoms with van der Waals surface area (Å²) in [5.74, 6) is 0.617. The van der Waals surface area contributed by atoms with Crippen LogP contribution in [0.2, 0.25) is 0 Å². The number of nitrogens with zero attached hydrogens (tertiary/aromatic N) is 4. The van der Waals surface area contributed by atoms with Gasteiger partial charge < -0.3 is 15.4 Å². The van der Waals surface area contributed by atoms with Crippen molar-refractivity contribution in [2.24, 2.45) is 0 Å². The smallest absolute Gasteiger partial charge is 0.323 e. The number of halogens is 2. The minimum absolute atomic E-state index is 0.0796. The monoisotopic (exact) mass is 522 g/mol. The Morgan fingerprint density at radius 3 is 2.46 bits per heavy atom. The van der Waals surface area contributed by atoms with E-state index >= 15 is 0 Å². The third-order valence-electron chi connectivity index (χ3n) is 5.43. The number of aromatic nitrogens is 3. The second-order valence-corrected chi connectivity index (χ2v) is 9.05. The third kappa shape index (κ3) is 5.86. The topological polar surface area (TPSA) is 109 Å². The van der Waals surface area contributed by atoms with Gasteiger partial charge in [0, 0.05) is 30.4 Å². The molecule has 9 nitrogen and oxygen atoms in total. The van der Waals surface area contributed by atoms with Crippen molar-refractivity contribution >= 4 is 39.8 Å². The Morgan fingerprint density at radius 2 is 1.76 bits per heavy atom. The molecule has 0 aliphatic carbocycles. The van der Waals surface area contributed by atoms with Crippen LogP contribution in [0.3, 0.4) is 0 Å². The summed E-state index contributed by atoms with van der Waals surface area (Å²) in [4.78, 5) is 39.3. The molecule has 37 heavy (non-hydrogen) atoms. The molecule has 1 saturated heterocycles. The number of carbonyl (C=O) groups is 2. The van der Waals surface area contributed by atoms with Gasteiger partial charge in [0.2, 0.25) is 5.91 Å². The van der Waals surface area contributed by atoms with Gasteiger partial charge in [0.15, 0.2) is 5.13 Å². The molecule has 0 atom stereocenters. The van der Waals surface area contributed by atoms with Gasteiger partial charge in [-0.05, 0) is 48.4 Å². The van der Waals surface area contributed by atoms with Crippen LogP contribution < -0.4 is 20.3 Å². The molecule has 0 spiro atoms. The number of benzene rings is 2. The van der Waals surface area contributed by atoms with Gasteiger partial charge in [-0.2, -0.15) is 0 Å². The molecule has 3 heterocycles. The number of thiazole rings is 1. The van der Waals surface area contributed by atoms with E-state index in [4.69, 9.17) is 4.74 Å². The SMILES string of the molecule is O=C(Nc1cnc(Oc2ccc(-c3cnc(N4CCCC4=O)s3)cc2)nc1)Nc1cccc(C(F)F)c1. The van der Waals surface area contributed by atoms with Crippen LogP contribution in [0.1, 0.15) is 24.8 Å². The standard InChI is InChI=1S/C25H20F2N6O3S/c26-22(27)16-3-1-4-17(11-16)31-23(35)32-18-12-28-24(29-13-18)36-19-8-6-15(7-9-19)20-14-30-25(37-20)33-10-2-5-21(33)34/h1,3-4,6-9,11-14,22H,2,5,10H2,(H2,31,32,35). The molecule has 188 valence electrons. The molecular weight excluding hydrogens is 502 g/mol. The van der Waals surface area contributed by atoms with Crippen molar-refractivity contribution in [1.29, 1.82) is 0 Å². The first-order valence-electron chi connectivity index (χ1n) is 11.3. The highest BCUT2D eigenvalue weighted by Crippen LogP contribution is 2.34. The maximum absolute atomic E-state index is 12.8. The number of urea groups is 1. The lowest BCUT2D eigenvalue weighted by Crippen LogP contribution is -2.23. The average Bonchev–Trinajstić information content (AvgIpc) is 3.55. The van der Waals surface area contributed by atoms with Crippen LogP contribution in [-0.4, -0.2) is 33.4 Å². The van der Waals surface area contributed by atoms with E-state index in [9.17, 15) is 18.4 Å². The summed E-state index contributed by atoms with van der Waals surface area (Å²) in [5.41, 5.74) is 1.28. The van der Waals surface area contributed by atoms with Crippen molar-refractivity contribution in [1.82, 2.24) is 15.0 Å². The Balaban J connectivity index is 1.16. The van der Waals surface area contributed by atoms with Crippen molar-refractivity contribution < 1.29 is 23.1 Å². The Bertz CT molecular complexity index is 1410. The van der Waals surface area contributed by atoms with Crippen LogP contribution in [-0.2, 0) is 4.79 Å². The summed E-state index contributed by atoms with van der Waals surface area (Å²) in [7, 11) is 0. The zero-order valence-electron chi connectivity index (χ0n) is 19.2. The molecule has 1 fully saturated rings. The molecular formula is C25H20F2N6O3S. The molecule has 5 rings (SSSR count). The summed E-state index contributed by atoms with van der Waals surface area (Å²) >= 11 is 1.46. The molecule has 12 heteroatoms. The Labute approximate surface area is 214 Å². The zero-order chi connectivity index (χ0) is 25.8. The number of hydrogen-bond acceptors (Lipinski definition) is 7. The van der Waals surface area contributed by atoms with E-state index < -0.39 is 12.5 Å². The average molecular weight is 523 g/mol. The maximum Gasteiger partial charge on any atom is 0.323 e. The number of rotatable bonds is 7. The molecule has 1 aliphatic rings. The number of alkyl halides is 2. The fourth-order valence-electron chi connectivity index (χ4n) is 3.65. The molecule has 2 aromatic carbocycles. The predicted octanol–water partition coefficient (Wildman–Crippen LogP) is 6.10. The number of anilines is 3. The van der Waals surface area contributed by atoms with Gasteiger partial charge in [0.25, 0.3) is 6.43 Å². The molecule has 2 aromatic heterocycles. The summed E-state index contributed by atoms with van der Waals surface area (Å²) < 4.78 is 31.3.